The smallest absolute Gasteiger partial charge is 0.228 e. The monoisotopic (exact) mass is 628 g/mol. The second-order valence-corrected chi connectivity index (χ2v) is 13.2. The molecule has 5 heteroatoms. The first kappa shape index (κ1) is 25.4. The largest absolute Gasteiger partial charge is 0.454 e. The Hall–Kier alpha value is -5.68. The number of aryl methyl sites for hydroxylation is 1. The van der Waals surface area contributed by atoms with E-state index in [4.69, 9.17) is 22.9 Å². The lowest BCUT2D eigenvalue weighted by Crippen LogP contribution is -2.10. The number of pyridine rings is 1. The third kappa shape index (κ3) is 4.24. The van der Waals surface area contributed by atoms with E-state index in [0.29, 0.717) is 33.7 Å². The lowest BCUT2D eigenvalue weighted by molar-refractivity contribution is 0.652. The van der Waals surface area contributed by atoms with Crippen molar-refractivity contribution in [2.75, 3.05) is 0 Å². The van der Waals surface area contributed by atoms with Crippen LogP contribution in [0.15, 0.2) is 118 Å². The van der Waals surface area contributed by atoms with E-state index in [1.807, 2.05) is 60.7 Å². The highest BCUT2D eigenvalue weighted by Crippen LogP contribution is 2.43. The van der Waals surface area contributed by atoms with Crippen molar-refractivity contribution in [3.8, 4) is 28.2 Å². The number of hydrogen-bond donors (Lipinski definition) is 0. The molecule has 0 aliphatic heterocycles. The zero-order chi connectivity index (χ0) is 35.2. The van der Waals surface area contributed by atoms with E-state index in [9.17, 15) is 0 Å². The molecule has 0 spiro atoms. The average Bonchev–Trinajstić information content (AvgIpc) is 3.80. The van der Waals surface area contributed by atoms with Gasteiger partial charge in [0.2, 0.25) is 5.71 Å². The molecule has 0 aliphatic carbocycles. The van der Waals surface area contributed by atoms with Crippen LogP contribution in [0, 0.1) is 6.85 Å². The second-order valence-electron chi connectivity index (χ2n) is 13.2. The highest BCUT2D eigenvalue weighted by Gasteiger charge is 2.26. The minimum absolute atomic E-state index is 0.114. The van der Waals surface area contributed by atoms with E-state index in [0.717, 1.165) is 60.8 Å². The van der Waals surface area contributed by atoms with Crippen molar-refractivity contribution in [1.29, 1.82) is 0 Å². The van der Waals surface area contributed by atoms with Gasteiger partial charge in [-0.25, -0.2) is 9.97 Å². The molecule has 4 aromatic heterocycles. The van der Waals surface area contributed by atoms with Crippen LogP contribution in [0.4, 0.5) is 0 Å². The third-order valence-corrected chi connectivity index (χ3v) is 9.48. The lowest BCUT2D eigenvalue weighted by atomic mass is 9.88. The molecule has 5 nitrogen and oxygen atoms in total. The molecule has 48 heavy (non-hydrogen) atoms. The first-order valence-corrected chi connectivity index (χ1v) is 16.5. The molecular weight excluding hydrogens is 590 g/mol. The van der Waals surface area contributed by atoms with Crippen molar-refractivity contribution in [2.24, 2.45) is 0 Å². The van der Waals surface area contributed by atoms with Crippen molar-refractivity contribution in [2.45, 2.75) is 46.4 Å². The predicted molar refractivity (Wildman–Crippen MR) is 197 cm³/mol. The number of fused-ring (bicyclic) bond motifs is 7. The molecule has 0 saturated heterocycles. The fraction of sp³-hybridized carbons (Fsp3) is 0.163. The summed E-state index contributed by atoms with van der Waals surface area (Å²) < 4.78 is 40.8. The highest BCUT2D eigenvalue weighted by atomic mass is 16.3. The quantitative estimate of drug-likeness (QED) is 0.190. The first-order valence-electron chi connectivity index (χ1n) is 18.0. The predicted octanol–water partition coefficient (Wildman–Crippen LogP) is 12.1. The average molecular weight is 629 g/mol. The maximum absolute atomic E-state index is 8.62. The molecule has 0 N–H and O–H groups in total. The minimum Gasteiger partial charge on any atom is -0.454 e. The van der Waals surface area contributed by atoms with E-state index in [2.05, 4.69) is 68.7 Å². The van der Waals surface area contributed by atoms with Gasteiger partial charge in [-0.1, -0.05) is 94.4 Å². The second kappa shape index (κ2) is 10.7. The molecule has 5 aromatic carbocycles. The molecule has 0 amide bonds. The zero-order valence-electron chi connectivity index (χ0n) is 30.2. The molecule has 9 aromatic rings. The molecule has 234 valence electrons. The fourth-order valence-electron chi connectivity index (χ4n) is 7.16. The van der Waals surface area contributed by atoms with E-state index in [-0.39, 0.29) is 17.4 Å². The topological polar surface area (TPSA) is 57.0 Å². The molecule has 0 atom stereocenters. The summed E-state index contributed by atoms with van der Waals surface area (Å²) in [7, 11) is 0. The van der Waals surface area contributed by atoms with Gasteiger partial charge in [0.05, 0.1) is 27.7 Å². The SMILES string of the molecule is [2H]C([2H])([2H])c1cccc2nc(-c3cccc4c3oc3nc5c(cc34)oc3ccccc35)n(-c3c(C(C)C)cc(-c4ccccc4)cc3C(C)C)c12. The summed E-state index contributed by atoms with van der Waals surface area (Å²) in [6.07, 6.45) is 0. The van der Waals surface area contributed by atoms with E-state index in [1.165, 1.54) is 0 Å². The summed E-state index contributed by atoms with van der Waals surface area (Å²) in [5.41, 5.74) is 10.9. The third-order valence-electron chi connectivity index (χ3n) is 9.48. The van der Waals surface area contributed by atoms with Crippen LogP contribution < -0.4 is 0 Å². The van der Waals surface area contributed by atoms with Gasteiger partial charge in [0.25, 0.3) is 0 Å². The van der Waals surface area contributed by atoms with Gasteiger partial charge < -0.3 is 8.83 Å². The molecule has 4 heterocycles. The summed E-state index contributed by atoms with van der Waals surface area (Å²) in [6.45, 7) is 6.37. The lowest BCUT2D eigenvalue weighted by Gasteiger charge is -2.24. The number of aromatic nitrogens is 3. The van der Waals surface area contributed by atoms with Gasteiger partial charge in [0.15, 0.2) is 5.58 Å². The number of rotatable bonds is 5. The van der Waals surface area contributed by atoms with Crippen LogP contribution in [0.2, 0.25) is 0 Å². The van der Waals surface area contributed by atoms with Crippen LogP contribution in [-0.4, -0.2) is 14.5 Å². The molecule has 0 bridgehead atoms. The zero-order valence-corrected chi connectivity index (χ0v) is 27.2. The number of hydrogen-bond acceptors (Lipinski definition) is 4. The Balaban J connectivity index is 1.40. The van der Waals surface area contributed by atoms with Crippen LogP contribution in [0.1, 0.15) is 60.3 Å². The van der Waals surface area contributed by atoms with Crippen LogP contribution in [0.25, 0.3) is 83.4 Å². The van der Waals surface area contributed by atoms with Gasteiger partial charge in [0.1, 0.15) is 22.5 Å². The number of imidazole rings is 1. The van der Waals surface area contributed by atoms with Crippen molar-refractivity contribution < 1.29 is 12.9 Å². The Morgan fingerprint density at radius 2 is 1.38 bits per heavy atom. The summed E-state index contributed by atoms with van der Waals surface area (Å²) >= 11 is 0. The number of furan rings is 2. The first-order chi connectivity index (χ1) is 24.6. The van der Waals surface area contributed by atoms with Crippen LogP contribution >= 0.6 is 0 Å². The molecule has 0 radical (unpaired) electrons. The van der Waals surface area contributed by atoms with Crippen molar-refractivity contribution >= 4 is 55.2 Å². The number of nitrogens with zero attached hydrogens (tertiary/aromatic N) is 3. The van der Waals surface area contributed by atoms with E-state index >= 15 is 0 Å². The van der Waals surface area contributed by atoms with Crippen LogP contribution in [0.3, 0.4) is 0 Å². The van der Waals surface area contributed by atoms with Gasteiger partial charge in [-0.2, -0.15) is 0 Å². The van der Waals surface area contributed by atoms with Crippen molar-refractivity contribution in [3.05, 3.63) is 126 Å². The summed E-state index contributed by atoms with van der Waals surface area (Å²) in [4.78, 5) is 10.2. The highest BCUT2D eigenvalue weighted by molar-refractivity contribution is 6.13. The van der Waals surface area contributed by atoms with Crippen LogP contribution in [0.5, 0.6) is 0 Å². The summed E-state index contributed by atoms with van der Waals surface area (Å²) in [5, 5.41) is 2.64. The molecule has 9 rings (SSSR count). The number of para-hydroxylation sites is 3. The van der Waals surface area contributed by atoms with Gasteiger partial charge in [-0.3, -0.25) is 4.57 Å². The fourth-order valence-corrected chi connectivity index (χ4v) is 7.16. The van der Waals surface area contributed by atoms with Gasteiger partial charge in [-0.15, -0.1) is 0 Å². The van der Waals surface area contributed by atoms with Crippen LogP contribution in [-0.2, 0) is 0 Å². The van der Waals surface area contributed by atoms with Crippen molar-refractivity contribution in [1.82, 2.24) is 14.5 Å². The molecular formula is C43H35N3O2. The van der Waals surface area contributed by atoms with Crippen molar-refractivity contribution in [3.63, 3.8) is 0 Å². The summed E-state index contributed by atoms with van der Waals surface area (Å²) in [6, 6.07) is 36.1. The molecule has 0 aliphatic rings. The number of benzene rings is 5. The Morgan fingerprint density at radius 3 is 2.15 bits per heavy atom. The molecule has 0 fully saturated rings. The van der Waals surface area contributed by atoms with Gasteiger partial charge in [-0.05, 0) is 89.0 Å². The molecule has 0 saturated carbocycles. The van der Waals surface area contributed by atoms with E-state index < -0.39 is 6.85 Å². The summed E-state index contributed by atoms with van der Waals surface area (Å²) in [5.74, 6) is 0.836. The Morgan fingerprint density at radius 1 is 0.646 bits per heavy atom. The Bertz CT molecular complexity index is 2780. The standard InChI is InChI=1S/C43H35N3O2/c1-24(2)32-21-28(27-14-7-6-8-15-27)22-33(25(3)4)40(32)46-39-26(5)13-11-19-35(39)44-42(46)31-18-12-17-29-34-23-37-38(45-43(34)48-41(29)31)30-16-9-10-20-36(30)47-37/h6-25H,1-5H3/i5D3. The van der Waals surface area contributed by atoms with Gasteiger partial charge >= 0.3 is 0 Å². The Labute approximate surface area is 282 Å². The van der Waals surface area contributed by atoms with E-state index in [1.54, 1.807) is 12.1 Å². The normalized spacial score (nSPS) is 13.4. The van der Waals surface area contributed by atoms with Gasteiger partial charge in [0, 0.05) is 14.9 Å². The minimum atomic E-state index is -2.37. The molecule has 0 unspecified atom stereocenters. The maximum atomic E-state index is 8.62. The Kier molecular flexibility index (Phi) is 5.65. The maximum Gasteiger partial charge on any atom is 0.228 e.